The van der Waals surface area contributed by atoms with Gasteiger partial charge in [-0.1, -0.05) is 23.9 Å². The lowest BCUT2D eigenvalue weighted by atomic mass is 10.2. The first-order valence-corrected chi connectivity index (χ1v) is 6.44. The Bertz CT molecular complexity index is 670. The molecule has 0 amide bonds. The Labute approximate surface area is 117 Å². The molecule has 0 bridgehead atoms. The number of nitrogens with zero attached hydrogens (tertiary/aromatic N) is 4. The molecule has 104 valence electrons. The SMILES string of the molecule is Cn1c(SCC(=O)[O-])nnc1-c1cccc([N+](=O)[O-])c1. The number of hydrogen-bond acceptors (Lipinski definition) is 7. The van der Waals surface area contributed by atoms with E-state index in [-0.39, 0.29) is 11.4 Å². The number of aromatic nitrogens is 3. The number of carboxylic acid groups (broad SMARTS) is 1. The van der Waals surface area contributed by atoms with E-state index >= 15 is 0 Å². The van der Waals surface area contributed by atoms with Gasteiger partial charge in [-0.25, -0.2) is 0 Å². The second kappa shape index (κ2) is 5.70. The van der Waals surface area contributed by atoms with Crippen LogP contribution in [0.25, 0.3) is 11.4 Å². The fourth-order valence-corrected chi connectivity index (χ4v) is 2.20. The van der Waals surface area contributed by atoms with Gasteiger partial charge in [0.05, 0.1) is 10.9 Å². The number of aliphatic carboxylic acids is 1. The van der Waals surface area contributed by atoms with Crippen molar-refractivity contribution in [2.75, 3.05) is 5.75 Å². The van der Waals surface area contributed by atoms with Crippen molar-refractivity contribution in [3.8, 4) is 11.4 Å². The van der Waals surface area contributed by atoms with Crippen LogP contribution in [0.5, 0.6) is 0 Å². The van der Waals surface area contributed by atoms with Crippen LogP contribution in [-0.4, -0.2) is 31.4 Å². The van der Waals surface area contributed by atoms with Crippen molar-refractivity contribution in [3.05, 3.63) is 34.4 Å². The lowest BCUT2D eigenvalue weighted by Gasteiger charge is -2.04. The average molecular weight is 293 g/mol. The molecule has 0 atom stereocenters. The molecule has 0 fully saturated rings. The van der Waals surface area contributed by atoms with E-state index in [9.17, 15) is 20.0 Å². The molecule has 0 radical (unpaired) electrons. The van der Waals surface area contributed by atoms with Crippen LogP contribution < -0.4 is 5.11 Å². The van der Waals surface area contributed by atoms with Crippen LogP contribution in [-0.2, 0) is 11.8 Å². The molecule has 2 rings (SSSR count). The summed E-state index contributed by atoms with van der Waals surface area (Å²) in [4.78, 5) is 20.7. The number of carboxylic acids is 1. The molecule has 0 aliphatic carbocycles. The number of non-ortho nitro benzene ring substituents is 1. The maximum Gasteiger partial charge on any atom is 0.270 e. The summed E-state index contributed by atoms with van der Waals surface area (Å²) in [6, 6.07) is 5.99. The second-order valence-electron chi connectivity index (χ2n) is 3.83. The molecule has 0 saturated heterocycles. The quantitative estimate of drug-likeness (QED) is 0.440. The fourth-order valence-electron chi connectivity index (χ4n) is 1.57. The summed E-state index contributed by atoms with van der Waals surface area (Å²) >= 11 is 0.975. The van der Waals surface area contributed by atoms with Gasteiger partial charge in [-0.3, -0.25) is 10.1 Å². The molecule has 0 aliphatic heterocycles. The number of hydrogen-bond donors (Lipinski definition) is 0. The Hall–Kier alpha value is -2.42. The number of nitro benzene ring substituents is 1. The third-order valence-electron chi connectivity index (χ3n) is 2.47. The first-order chi connectivity index (χ1) is 9.49. The molecule has 0 unspecified atom stereocenters. The minimum absolute atomic E-state index is 0.0468. The average Bonchev–Trinajstić information content (AvgIpc) is 2.78. The number of benzene rings is 1. The summed E-state index contributed by atoms with van der Waals surface area (Å²) in [7, 11) is 1.66. The van der Waals surface area contributed by atoms with Crippen molar-refractivity contribution in [2.45, 2.75) is 5.16 Å². The van der Waals surface area contributed by atoms with Gasteiger partial charge >= 0.3 is 0 Å². The monoisotopic (exact) mass is 293 g/mol. The van der Waals surface area contributed by atoms with Gasteiger partial charge in [0.15, 0.2) is 11.0 Å². The van der Waals surface area contributed by atoms with Gasteiger partial charge in [0.2, 0.25) is 0 Å². The van der Waals surface area contributed by atoms with Crippen molar-refractivity contribution in [2.24, 2.45) is 7.05 Å². The van der Waals surface area contributed by atoms with Crippen LogP contribution >= 0.6 is 11.8 Å². The van der Waals surface area contributed by atoms with Gasteiger partial charge in [-0.15, -0.1) is 10.2 Å². The molecule has 0 N–H and O–H groups in total. The normalized spacial score (nSPS) is 10.4. The van der Waals surface area contributed by atoms with E-state index in [0.29, 0.717) is 16.5 Å². The van der Waals surface area contributed by atoms with E-state index in [1.807, 2.05) is 0 Å². The summed E-state index contributed by atoms with van der Waals surface area (Å²) in [5.74, 6) is -1.01. The molecule has 0 aliphatic rings. The van der Waals surface area contributed by atoms with Crippen LogP contribution in [0, 0.1) is 10.1 Å². The van der Waals surface area contributed by atoms with Crippen LogP contribution in [0.2, 0.25) is 0 Å². The standard InChI is InChI=1S/C11H10N4O4S/c1-14-10(12-13-11(14)20-6-9(16)17)7-3-2-4-8(5-7)15(18)19/h2-5H,6H2,1H3,(H,16,17)/p-1. The van der Waals surface area contributed by atoms with Crippen molar-refractivity contribution >= 4 is 23.4 Å². The van der Waals surface area contributed by atoms with E-state index in [1.54, 1.807) is 23.7 Å². The Kier molecular flexibility index (Phi) is 3.99. The Morgan fingerprint density at radius 3 is 2.85 bits per heavy atom. The highest BCUT2D eigenvalue weighted by molar-refractivity contribution is 7.99. The third kappa shape index (κ3) is 2.94. The molecule has 0 spiro atoms. The summed E-state index contributed by atoms with van der Waals surface area (Å²) in [6.07, 6.45) is 0. The molecule has 1 aromatic heterocycles. The molecular formula is C11H9N4O4S-. The molecule has 0 saturated carbocycles. The Morgan fingerprint density at radius 2 is 2.20 bits per heavy atom. The third-order valence-corrected chi connectivity index (χ3v) is 3.46. The second-order valence-corrected chi connectivity index (χ2v) is 4.78. The largest absolute Gasteiger partial charge is 0.549 e. The number of rotatable bonds is 5. The van der Waals surface area contributed by atoms with Gasteiger partial charge in [0.1, 0.15) is 0 Å². The minimum Gasteiger partial charge on any atom is -0.549 e. The smallest absolute Gasteiger partial charge is 0.270 e. The van der Waals surface area contributed by atoms with Crippen LogP contribution in [0.1, 0.15) is 0 Å². The van der Waals surface area contributed by atoms with Crippen molar-refractivity contribution < 1.29 is 14.8 Å². The minimum atomic E-state index is -1.20. The maximum absolute atomic E-state index is 10.7. The zero-order valence-electron chi connectivity index (χ0n) is 10.3. The molecule has 20 heavy (non-hydrogen) atoms. The molecule has 8 nitrogen and oxygen atoms in total. The molecule has 9 heteroatoms. The fraction of sp³-hybridized carbons (Fsp3) is 0.182. The van der Waals surface area contributed by atoms with Crippen molar-refractivity contribution in [1.29, 1.82) is 0 Å². The van der Waals surface area contributed by atoms with E-state index in [1.165, 1.54) is 12.1 Å². The predicted octanol–water partition coefficient (Wildman–Crippen LogP) is 0.232. The van der Waals surface area contributed by atoms with Gasteiger partial charge in [-0.05, 0) is 0 Å². The molecule has 1 heterocycles. The van der Waals surface area contributed by atoms with Gasteiger partial charge in [-0.2, -0.15) is 0 Å². The zero-order chi connectivity index (χ0) is 14.7. The lowest BCUT2D eigenvalue weighted by molar-refractivity contribution is -0.384. The number of carbonyl (C=O) groups excluding carboxylic acids is 1. The van der Waals surface area contributed by atoms with E-state index in [2.05, 4.69) is 10.2 Å². The maximum atomic E-state index is 10.7. The summed E-state index contributed by atoms with van der Waals surface area (Å²) in [5.41, 5.74) is 0.490. The van der Waals surface area contributed by atoms with Crippen LogP contribution in [0.4, 0.5) is 5.69 Å². The van der Waals surface area contributed by atoms with E-state index < -0.39 is 10.9 Å². The van der Waals surface area contributed by atoms with Gasteiger partial charge < -0.3 is 14.5 Å². The predicted molar refractivity (Wildman–Crippen MR) is 68.8 cm³/mol. The Balaban J connectivity index is 2.31. The van der Waals surface area contributed by atoms with Crippen molar-refractivity contribution in [1.82, 2.24) is 14.8 Å². The number of nitro groups is 1. The topological polar surface area (TPSA) is 114 Å². The van der Waals surface area contributed by atoms with Gasteiger partial charge in [0.25, 0.3) is 5.69 Å². The van der Waals surface area contributed by atoms with Crippen molar-refractivity contribution in [3.63, 3.8) is 0 Å². The number of carbonyl (C=O) groups is 1. The molecular weight excluding hydrogens is 284 g/mol. The van der Waals surface area contributed by atoms with E-state index in [4.69, 9.17) is 0 Å². The van der Waals surface area contributed by atoms with E-state index in [0.717, 1.165) is 11.8 Å². The first-order valence-electron chi connectivity index (χ1n) is 5.46. The van der Waals surface area contributed by atoms with Gasteiger partial charge in [0, 0.05) is 30.5 Å². The highest BCUT2D eigenvalue weighted by Crippen LogP contribution is 2.25. The summed E-state index contributed by atoms with van der Waals surface area (Å²) in [6.45, 7) is 0. The first kappa shape index (κ1) is 14.0. The molecule has 2 aromatic rings. The van der Waals surface area contributed by atoms with Crippen LogP contribution in [0.3, 0.4) is 0 Å². The zero-order valence-corrected chi connectivity index (χ0v) is 11.2. The highest BCUT2D eigenvalue weighted by atomic mass is 32.2. The lowest BCUT2D eigenvalue weighted by Crippen LogP contribution is -2.24. The summed E-state index contributed by atoms with van der Waals surface area (Å²) in [5, 5.41) is 29.3. The summed E-state index contributed by atoms with van der Waals surface area (Å²) < 4.78 is 1.58. The Morgan fingerprint density at radius 1 is 1.45 bits per heavy atom. The molecule has 1 aromatic carbocycles. The van der Waals surface area contributed by atoms with Crippen LogP contribution in [0.15, 0.2) is 29.4 Å². The highest BCUT2D eigenvalue weighted by Gasteiger charge is 2.14. The number of thioether (sulfide) groups is 1.